The Morgan fingerprint density at radius 3 is 2.79 bits per heavy atom. The van der Waals surface area contributed by atoms with Crippen LogP contribution in [0.5, 0.6) is 5.75 Å². The number of hydrogen-bond acceptors (Lipinski definition) is 4. The number of carbonyl (C=O) groups is 1. The van der Waals surface area contributed by atoms with E-state index in [0.717, 1.165) is 11.3 Å². The van der Waals surface area contributed by atoms with E-state index in [9.17, 15) is 9.90 Å². The van der Waals surface area contributed by atoms with Crippen molar-refractivity contribution < 1.29 is 14.4 Å². The summed E-state index contributed by atoms with van der Waals surface area (Å²) in [5.41, 5.74) is 2.07. The summed E-state index contributed by atoms with van der Waals surface area (Å²) >= 11 is 2.00. The smallest absolute Gasteiger partial charge is 0.251 e. The molecule has 0 spiro atoms. The molecule has 0 radical (unpaired) electrons. The van der Waals surface area contributed by atoms with Gasteiger partial charge in [0.1, 0.15) is 11.5 Å². The van der Waals surface area contributed by atoms with Gasteiger partial charge in [-0.25, -0.2) is 0 Å². The Balaban J connectivity index is 2.07. The van der Waals surface area contributed by atoms with Crippen molar-refractivity contribution in [3.05, 3.63) is 44.4 Å². The maximum absolute atomic E-state index is 12.0. The molecule has 0 bridgehead atoms. The van der Waals surface area contributed by atoms with E-state index in [4.69, 9.17) is 4.52 Å². The minimum atomic E-state index is -0.244. The van der Waals surface area contributed by atoms with Gasteiger partial charge in [-0.2, -0.15) is 0 Å². The Kier molecular flexibility index (Phi) is 4.08. The van der Waals surface area contributed by atoms with E-state index < -0.39 is 0 Å². The number of amides is 1. The van der Waals surface area contributed by atoms with E-state index >= 15 is 0 Å². The number of carbonyl (C=O) groups excluding carboxylic acids is 1. The predicted molar refractivity (Wildman–Crippen MR) is 78.0 cm³/mol. The van der Waals surface area contributed by atoms with Gasteiger partial charge in [-0.1, -0.05) is 5.16 Å². The summed E-state index contributed by atoms with van der Waals surface area (Å²) in [4.78, 5) is 12.0. The van der Waals surface area contributed by atoms with Gasteiger partial charge in [0.15, 0.2) is 0 Å². The van der Waals surface area contributed by atoms with Gasteiger partial charge in [0.05, 0.1) is 9.26 Å². The van der Waals surface area contributed by atoms with Crippen molar-refractivity contribution >= 4 is 28.5 Å². The van der Waals surface area contributed by atoms with Crippen molar-refractivity contribution in [3.63, 3.8) is 0 Å². The van der Waals surface area contributed by atoms with Crippen LogP contribution in [-0.2, 0) is 6.54 Å². The van der Waals surface area contributed by atoms with Crippen molar-refractivity contribution in [2.45, 2.75) is 20.4 Å². The molecular weight excluding hydrogens is 359 g/mol. The summed E-state index contributed by atoms with van der Waals surface area (Å²) in [7, 11) is 0. The van der Waals surface area contributed by atoms with Crippen LogP contribution in [0.2, 0.25) is 0 Å². The Morgan fingerprint density at radius 1 is 1.47 bits per heavy atom. The highest BCUT2D eigenvalue weighted by Gasteiger charge is 2.12. The van der Waals surface area contributed by atoms with Crippen LogP contribution < -0.4 is 5.32 Å². The number of aromatic hydroxyl groups is 1. The third-order valence-corrected chi connectivity index (χ3v) is 3.73. The largest absolute Gasteiger partial charge is 0.507 e. The fourth-order valence-electron chi connectivity index (χ4n) is 1.68. The number of phenolic OH excluding ortho intramolecular Hbond substituents is 1. The molecule has 2 N–H and O–H groups in total. The SMILES string of the molecule is Cc1noc(C)c1CNC(=O)c1ccc(I)c(O)c1. The molecule has 5 nitrogen and oxygen atoms in total. The van der Waals surface area contributed by atoms with Gasteiger partial charge in [-0.3, -0.25) is 4.79 Å². The normalized spacial score (nSPS) is 10.5. The fourth-order valence-corrected chi connectivity index (χ4v) is 2.01. The average Bonchev–Trinajstić information content (AvgIpc) is 2.69. The van der Waals surface area contributed by atoms with E-state index in [0.29, 0.717) is 21.4 Å². The van der Waals surface area contributed by atoms with Crippen molar-refractivity contribution in [1.82, 2.24) is 10.5 Å². The van der Waals surface area contributed by atoms with Gasteiger partial charge in [-0.05, 0) is 54.6 Å². The second kappa shape index (κ2) is 5.60. The summed E-state index contributed by atoms with van der Waals surface area (Å²) < 4.78 is 5.73. The maximum Gasteiger partial charge on any atom is 0.251 e. The van der Waals surface area contributed by atoms with Gasteiger partial charge >= 0.3 is 0 Å². The lowest BCUT2D eigenvalue weighted by atomic mass is 10.1. The highest BCUT2D eigenvalue weighted by atomic mass is 127. The van der Waals surface area contributed by atoms with Crippen molar-refractivity contribution in [1.29, 1.82) is 0 Å². The molecule has 1 aromatic carbocycles. The predicted octanol–water partition coefficient (Wildman–Crippen LogP) is 2.53. The third kappa shape index (κ3) is 3.06. The van der Waals surface area contributed by atoms with E-state index in [-0.39, 0.29) is 11.7 Å². The van der Waals surface area contributed by atoms with E-state index in [2.05, 4.69) is 10.5 Å². The second-order valence-corrected chi connectivity index (χ2v) is 5.31. The van der Waals surface area contributed by atoms with E-state index in [1.54, 1.807) is 19.1 Å². The number of phenols is 1. The number of aryl methyl sites for hydroxylation is 2. The van der Waals surface area contributed by atoms with Crippen LogP contribution >= 0.6 is 22.6 Å². The molecule has 100 valence electrons. The molecule has 2 rings (SSSR count). The first-order valence-corrected chi connectivity index (χ1v) is 6.75. The van der Waals surface area contributed by atoms with E-state index in [1.165, 1.54) is 6.07 Å². The lowest BCUT2D eigenvalue weighted by Crippen LogP contribution is -2.23. The van der Waals surface area contributed by atoms with Crippen LogP contribution in [0.25, 0.3) is 0 Å². The van der Waals surface area contributed by atoms with Crippen LogP contribution in [-0.4, -0.2) is 16.2 Å². The molecule has 0 aliphatic rings. The zero-order valence-corrected chi connectivity index (χ0v) is 12.7. The first-order chi connectivity index (χ1) is 8.99. The van der Waals surface area contributed by atoms with Crippen LogP contribution in [0.1, 0.15) is 27.4 Å². The number of halogens is 1. The minimum absolute atomic E-state index is 0.102. The molecule has 0 fully saturated rings. The Hall–Kier alpha value is -1.57. The van der Waals surface area contributed by atoms with Crippen LogP contribution in [0, 0.1) is 17.4 Å². The summed E-state index contributed by atoms with van der Waals surface area (Å²) in [6.45, 7) is 3.99. The fraction of sp³-hybridized carbons (Fsp3) is 0.231. The topological polar surface area (TPSA) is 75.4 Å². The molecule has 0 aliphatic heterocycles. The lowest BCUT2D eigenvalue weighted by Gasteiger charge is -2.06. The summed E-state index contributed by atoms with van der Waals surface area (Å²) in [6, 6.07) is 4.81. The van der Waals surface area contributed by atoms with Gasteiger partial charge in [0, 0.05) is 17.7 Å². The molecule has 1 aromatic heterocycles. The highest BCUT2D eigenvalue weighted by Crippen LogP contribution is 2.20. The van der Waals surface area contributed by atoms with Crippen LogP contribution in [0.15, 0.2) is 22.7 Å². The first-order valence-electron chi connectivity index (χ1n) is 5.67. The minimum Gasteiger partial charge on any atom is -0.507 e. The number of hydrogen-bond donors (Lipinski definition) is 2. The quantitative estimate of drug-likeness (QED) is 0.813. The zero-order valence-electron chi connectivity index (χ0n) is 10.5. The lowest BCUT2D eigenvalue weighted by molar-refractivity contribution is 0.0950. The molecule has 0 aliphatic carbocycles. The molecule has 6 heteroatoms. The molecule has 19 heavy (non-hydrogen) atoms. The molecule has 1 amide bonds. The number of benzene rings is 1. The number of nitrogens with one attached hydrogen (secondary N) is 1. The van der Waals surface area contributed by atoms with Gasteiger partial charge < -0.3 is 14.9 Å². The van der Waals surface area contributed by atoms with Crippen LogP contribution in [0.3, 0.4) is 0 Å². The zero-order chi connectivity index (χ0) is 14.0. The number of rotatable bonds is 3. The van der Waals surface area contributed by atoms with Crippen molar-refractivity contribution in [2.75, 3.05) is 0 Å². The first kappa shape index (κ1) is 13.9. The molecule has 1 heterocycles. The third-order valence-electron chi connectivity index (χ3n) is 2.82. The highest BCUT2D eigenvalue weighted by molar-refractivity contribution is 14.1. The molecule has 0 atom stereocenters. The van der Waals surface area contributed by atoms with Gasteiger partial charge in [0.25, 0.3) is 5.91 Å². The monoisotopic (exact) mass is 372 g/mol. The number of nitrogens with zero attached hydrogens (tertiary/aromatic N) is 1. The van der Waals surface area contributed by atoms with Crippen molar-refractivity contribution in [3.8, 4) is 5.75 Å². The van der Waals surface area contributed by atoms with Crippen LogP contribution in [0.4, 0.5) is 0 Å². The standard InChI is InChI=1S/C13H13IN2O3/c1-7-10(8(2)19-16-7)6-15-13(18)9-3-4-11(14)12(17)5-9/h3-5,17H,6H2,1-2H3,(H,15,18). The summed E-state index contributed by atoms with van der Waals surface area (Å²) in [5, 5.41) is 16.2. The van der Waals surface area contributed by atoms with E-state index in [1.807, 2.05) is 29.5 Å². The Morgan fingerprint density at radius 2 is 2.21 bits per heavy atom. The molecule has 0 unspecified atom stereocenters. The maximum atomic E-state index is 12.0. The van der Waals surface area contributed by atoms with Gasteiger partial charge in [0.2, 0.25) is 0 Å². The number of aromatic nitrogens is 1. The molecule has 0 saturated carbocycles. The molecule has 0 saturated heterocycles. The Labute approximate surface area is 124 Å². The average molecular weight is 372 g/mol. The van der Waals surface area contributed by atoms with Crippen molar-refractivity contribution in [2.24, 2.45) is 0 Å². The Bertz CT molecular complexity index is 603. The second-order valence-electron chi connectivity index (χ2n) is 4.15. The van der Waals surface area contributed by atoms with Gasteiger partial charge in [-0.15, -0.1) is 0 Å². The summed E-state index contributed by atoms with van der Waals surface area (Å²) in [6.07, 6.45) is 0. The summed E-state index contributed by atoms with van der Waals surface area (Å²) in [5.74, 6) is 0.556. The molecule has 2 aromatic rings. The molecular formula is C13H13IN2O3.